The van der Waals surface area contributed by atoms with Crippen molar-refractivity contribution in [2.45, 2.75) is 18.6 Å². The van der Waals surface area contributed by atoms with Crippen LogP contribution in [-0.4, -0.2) is 29.2 Å². The highest BCUT2D eigenvalue weighted by atomic mass is 35.5. The van der Waals surface area contributed by atoms with Crippen LogP contribution in [-0.2, 0) is 16.4 Å². The van der Waals surface area contributed by atoms with E-state index < -0.39 is 9.84 Å². The Hall–Kier alpha value is -3.03. The molecular weight excluding hydrogens is 422 g/mol. The van der Waals surface area contributed by atoms with Gasteiger partial charge in [0.2, 0.25) is 15.0 Å². The second-order valence-corrected chi connectivity index (χ2v) is 9.39. The van der Waals surface area contributed by atoms with Gasteiger partial charge in [0, 0.05) is 22.2 Å². The molecule has 8 heteroatoms. The number of aryl methyl sites for hydroxylation is 1. The molecule has 2 aromatic heterocycles. The van der Waals surface area contributed by atoms with Crippen LogP contribution in [0, 0.1) is 6.92 Å². The molecule has 0 saturated heterocycles. The zero-order chi connectivity index (χ0) is 21.5. The van der Waals surface area contributed by atoms with Crippen molar-refractivity contribution in [1.29, 1.82) is 0 Å². The normalized spacial score (nSPS) is 11.7. The molecule has 0 aliphatic carbocycles. The van der Waals surface area contributed by atoms with Crippen LogP contribution >= 0.6 is 11.6 Å². The lowest BCUT2D eigenvalue weighted by molar-refractivity contribution is 0.592. The van der Waals surface area contributed by atoms with Crippen LogP contribution in [0.5, 0.6) is 0 Å². The average Bonchev–Trinajstić information content (AvgIpc) is 2.71. The second-order valence-electron chi connectivity index (χ2n) is 7.04. The average molecular weight is 440 g/mol. The monoisotopic (exact) mass is 439 g/mol. The van der Waals surface area contributed by atoms with E-state index in [0.29, 0.717) is 21.7 Å². The summed E-state index contributed by atoms with van der Waals surface area (Å²) in [7, 11) is -3.64. The molecule has 0 fully saturated rings. The number of hydrogen-bond donors (Lipinski definition) is 0. The number of nitrogens with zero attached hydrogens (tertiary/aromatic N) is 3. The third-order valence-electron chi connectivity index (χ3n) is 4.79. The van der Waals surface area contributed by atoms with Crippen LogP contribution < -0.4 is 5.56 Å². The number of benzene rings is 2. The van der Waals surface area contributed by atoms with E-state index in [2.05, 4.69) is 9.97 Å². The second kappa shape index (κ2) is 7.66. The Bertz CT molecular complexity index is 1410. The fourth-order valence-electron chi connectivity index (χ4n) is 3.27. The van der Waals surface area contributed by atoms with Crippen molar-refractivity contribution >= 4 is 32.5 Å². The molecule has 0 atom stereocenters. The highest BCUT2D eigenvalue weighted by Crippen LogP contribution is 2.24. The molecule has 2 aromatic carbocycles. The molecule has 4 aromatic rings. The standard InChI is InChI=1S/C22H18ClN3O3S/c1-14-18-12-19(16-6-4-3-5-7-16)21(27)26(13-15-8-10-17(23)11-9-15)20(18)25-22(24-14)30(2,28)29/h3-12H,13H2,1-2H3. The number of rotatable bonds is 4. The zero-order valence-corrected chi connectivity index (χ0v) is 17.9. The lowest BCUT2D eigenvalue weighted by Crippen LogP contribution is -2.24. The first-order valence-corrected chi connectivity index (χ1v) is 11.4. The number of halogens is 1. The topological polar surface area (TPSA) is 81.9 Å². The summed E-state index contributed by atoms with van der Waals surface area (Å²) >= 11 is 5.98. The van der Waals surface area contributed by atoms with Crippen molar-refractivity contribution in [3.8, 4) is 11.1 Å². The Morgan fingerprint density at radius 2 is 1.67 bits per heavy atom. The molecule has 0 saturated carbocycles. The van der Waals surface area contributed by atoms with Gasteiger partial charge in [0.25, 0.3) is 5.56 Å². The van der Waals surface area contributed by atoms with Crippen LogP contribution in [0.4, 0.5) is 0 Å². The van der Waals surface area contributed by atoms with Crippen LogP contribution in [0.1, 0.15) is 11.3 Å². The number of sulfone groups is 1. The molecule has 0 bridgehead atoms. The Labute approximate surface area is 178 Å². The lowest BCUT2D eigenvalue weighted by Gasteiger charge is -2.14. The van der Waals surface area contributed by atoms with Gasteiger partial charge in [-0.15, -0.1) is 0 Å². The fraction of sp³-hybridized carbons (Fsp3) is 0.136. The number of hydrogen-bond acceptors (Lipinski definition) is 5. The minimum absolute atomic E-state index is 0.215. The van der Waals surface area contributed by atoms with E-state index in [4.69, 9.17) is 11.6 Å². The van der Waals surface area contributed by atoms with Crippen molar-refractivity contribution in [3.63, 3.8) is 0 Å². The first-order chi connectivity index (χ1) is 14.2. The quantitative estimate of drug-likeness (QED) is 0.451. The van der Waals surface area contributed by atoms with E-state index >= 15 is 0 Å². The highest BCUT2D eigenvalue weighted by Gasteiger charge is 2.19. The van der Waals surface area contributed by atoms with E-state index in [1.165, 1.54) is 4.57 Å². The zero-order valence-electron chi connectivity index (χ0n) is 16.3. The Morgan fingerprint density at radius 3 is 2.30 bits per heavy atom. The first-order valence-electron chi connectivity index (χ1n) is 9.16. The third-order valence-corrected chi connectivity index (χ3v) is 5.88. The van der Waals surface area contributed by atoms with Crippen molar-refractivity contribution in [1.82, 2.24) is 14.5 Å². The van der Waals surface area contributed by atoms with Crippen LogP contribution in [0.3, 0.4) is 0 Å². The first kappa shape index (κ1) is 20.3. The van der Waals surface area contributed by atoms with Crippen LogP contribution in [0.15, 0.2) is 70.6 Å². The summed E-state index contributed by atoms with van der Waals surface area (Å²) in [5.74, 6) is 0. The van der Waals surface area contributed by atoms with E-state index in [1.807, 2.05) is 42.5 Å². The largest absolute Gasteiger partial charge is 0.288 e. The molecule has 152 valence electrons. The minimum atomic E-state index is -3.64. The molecule has 0 spiro atoms. The molecule has 2 heterocycles. The number of aromatic nitrogens is 3. The van der Waals surface area contributed by atoms with Gasteiger partial charge < -0.3 is 0 Å². The van der Waals surface area contributed by atoms with Crippen molar-refractivity contribution in [3.05, 3.63) is 87.3 Å². The molecule has 0 amide bonds. The Morgan fingerprint density at radius 1 is 1.00 bits per heavy atom. The summed E-state index contributed by atoms with van der Waals surface area (Å²) < 4.78 is 25.7. The molecule has 0 N–H and O–H groups in total. The van der Waals surface area contributed by atoms with Crippen LogP contribution in [0.2, 0.25) is 5.02 Å². The van der Waals surface area contributed by atoms with Gasteiger partial charge >= 0.3 is 0 Å². The van der Waals surface area contributed by atoms with Crippen molar-refractivity contribution < 1.29 is 8.42 Å². The molecule has 30 heavy (non-hydrogen) atoms. The number of fused-ring (bicyclic) bond motifs is 1. The van der Waals surface area contributed by atoms with E-state index in [-0.39, 0.29) is 22.9 Å². The van der Waals surface area contributed by atoms with Gasteiger partial charge in [-0.1, -0.05) is 54.1 Å². The summed E-state index contributed by atoms with van der Waals surface area (Å²) in [6, 6.07) is 18.2. The van der Waals surface area contributed by atoms with E-state index in [0.717, 1.165) is 17.4 Å². The number of pyridine rings is 1. The molecule has 0 aliphatic heterocycles. The molecular formula is C22H18ClN3O3S. The maximum atomic E-state index is 13.5. The third kappa shape index (κ3) is 3.86. The van der Waals surface area contributed by atoms with Gasteiger partial charge in [0.05, 0.1) is 12.2 Å². The summed E-state index contributed by atoms with van der Waals surface area (Å²) in [5.41, 5.74) is 2.60. The predicted octanol–water partition coefficient (Wildman–Crippen LogP) is 3.87. The summed E-state index contributed by atoms with van der Waals surface area (Å²) in [6.45, 7) is 1.93. The van der Waals surface area contributed by atoms with Gasteiger partial charge in [-0.2, -0.15) is 4.98 Å². The molecule has 4 rings (SSSR count). The minimum Gasteiger partial charge on any atom is -0.288 e. The summed E-state index contributed by atoms with van der Waals surface area (Å²) in [5, 5.41) is 0.908. The van der Waals surface area contributed by atoms with Gasteiger partial charge in [-0.05, 0) is 36.2 Å². The SMILES string of the molecule is Cc1nc(S(C)(=O)=O)nc2c1cc(-c1ccccc1)c(=O)n2Cc1ccc(Cl)cc1. The lowest BCUT2D eigenvalue weighted by atomic mass is 10.0. The molecule has 0 aliphatic rings. The van der Waals surface area contributed by atoms with Gasteiger partial charge in [0.15, 0.2) is 0 Å². The molecule has 0 radical (unpaired) electrons. The maximum absolute atomic E-state index is 13.5. The van der Waals surface area contributed by atoms with Gasteiger partial charge in [-0.25, -0.2) is 13.4 Å². The van der Waals surface area contributed by atoms with Gasteiger partial charge in [-0.3, -0.25) is 9.36 Å². The Kier molecular flexibility index (Phi) is 5.17. The van der Waals surface area contributed by atoms with Gasteiger partial charge in [0.1, 0.15) is 5.65 Å². The van der Waals surface area contributed by atoms with Crippen molar-refractivity contribution in [2.75, 3.05) is 6.26 Å². The fourth-order valence-corrected chi connectivity index (χ4v) is 3.95. The molecule has 0 unspecified atom stereocenters. The van der Waals surface area contributed by atoms with Crippen molar-refractivity contribution in [2.24, 2.45) is 0 Å². The summed E-state index contributed by atoms with van der Waals surface area (Å²) in [6.07, 6.45) is 1.05. The van der Waals surface area contributed by atoms with E-state index in [9.17, 15) is 13.2 Å². The highest BCUT2D eigenvalue weighted by molar-refractivity contribution is 7.90. The predicted molar refractivity (Wildman–Crippen MR) is 118 cm³/mol. The maximum Gasteiger partial charge on any atom is 0.260 e. The molecule has 6 nitrogen and oxygen atoms in total. The Balaban J connectivity index is 2.05. The summed E-state index contributed by atoms with van der Waals surface area (Å²) in [4.78, 5) is 21.9. The van der Waals surface area contributed by atoms with E-state index in [1.54, 1.807) is 25.1 Å². The smallest absolute Gasteiger partial charge is 0.260 e. The van der Waals surface area contributed by atoms with Crippen LogP contribution in [0.25, 0.3) is 22.2 Å².